The van der Waals surface area contributed by atoms with Crippen LogP contribution in [0.15, 0.2) is 48.5 Å². The summed E-state index contributed by atoms with van der Waals surface area (Å²) in [5.74, 6) is 0.0126. The molecule has 1 aliphatic heterocycles. The third kappa shape index (κ3) is 4.54. The number of hydrogen-bond donors (Lipinski definition) is 1. The van der Waals surface area contributed by atoms with Crippen LogP contribution < -0.4 is 5.32 Å². The molecule has 0 radical (unpaired) electrons. The van der Waals surface area contributed by atoms with E-state index in [4.69, 9.17) is 0 Å². The highest BCUT2D eigenvalue weighted by atomic mass is 32.1. The lowest BCUT2D eigenvalue weighted by molar-refractivity contribution is -0.131. The van der Waals surface area contributed by atoms with Gasteiger partial charge in [0.25, 0.3) is 0 Å². The quantitative estimate of drug-likeness (QED) is 0.467. The summed E-state index contributed by atoms with van der Waals surface area (Å²) < 4.78 is 28.4. The molecule has 1 N–H and O–H groups in total. The van der Waals surface area contributed by atoms with Crippen LogP contribution in [0, 0.1) is 11.6 Å². The van der Waals surface area contributed by atoms with Gasteiger partial charge in [-0.05, 0) is 48.5 Å². The Hall–Kier alpha value is -3.66. The van der Waals surface area contributed by atoms with Gasteiger partial charge in [0, 0.05) is 49.0 Å². The van der Waals surface area contributed by atoms with E-state index >= 15 is 0 Å². The highest BCUT2D eigenvalue weighted by Crippen LogP contribution is 2.27. The number of anilines is 1. The molecule has 1 aliphatic rings. The van der Waals surface area contributed by atoms with Gasteiger partial charge < -0.3 is 10.2 Å². The number of nitrogens with one attached hydrogen (secondary N) is 1. The summed E-state index contributed by atoms with van der Waals surface area (Å²) in [6.45, 7) is 1.16. The number of benzene rings is 2. The van der Waals surface area contributed by atoms with Gasteiger partial charge in [-0.3, -0.25) is 4.79 Å². The molecule has 2 aromatic heterocycles. The summed E-state index contributed by atoms with van der Waals surface area (Å²) in [5.41, 5.74) is 2.30. The molecule has 3 heterocycles. The largest absolute Gasteiger partial charge is 0.365 e. The second-order valence-electron chi connectivity index (χ2n) is 7.95. The van der Waals surface area contributed by atoms with Gasteiger partial charge in [-0.2, -0.15) is 0 Å². The molecule has 0 unspecified atom stereocenters. The lowest BCUT2D eigenvalue weighted by Crippen LogP contribution is -2.36. The zero-order chi connectivity index (χ0) is 23.7. The van der Waals surface area contributed by atoms with Gasteiger partial charge in [-0.25, -0.2) is 23.4 Å². The summed E-state index contributed by atoms with van der Waals surface area (Å²) >= 11 is 1.62. The molecule has 34 heavy (non-hydrogen) atoms. The molecule has 0 bridgehead atoms. The SMILES string of the molecule is CNc1nc2c(s1)CCN(C(=O)Cn1nc(-c3ccc(F)cc3)nc1-c1ccc(F)cc1)CC2. The number of nitrogens with zero attached hydrogens (tertiary/aromatic N) is 5. The third-order valence-electron chi connectivity index (χ3n) is 5.73. The van der Waals surface area contributed by atoms with Crippen molar-refractivity contribution in [2.24, 2.45) is 0 Å². The molecule has 0 saturated heterocycles. The predicted molar refractivity (Wildman–Crippen MR) is 126 cm³/mol. The number of hydrogen-bond acceptors (Lipinski definition) is 6. The van der Waals surface area contributed by atoms with Crippen molar-refractivity contribution >= 4 is 22.4 Å². The van der Waals surface area contributed by atoms with Crippen LogP contribution in [0.1, 0.15) is 10.6 Å². The number of halogens is 2. The fourth-order valence-electron chi connectivity index (χ4n) is 3.93. The van der Waals surface area contributed by atoms with E-state index in [2.05, 4.69) is 20.4 Å². The molecule has 10 heteroatoms. The lowest BCUT2D eigenvalue weighted by atomic mass is 10.2. The van der Waals surface area contributed by atoms with Crippen LogP contribution >= 0.6 is 11.3 Å². The normalized spacial score (nSPS) is 13.4. The van der Waals surface area contributed by atoms with Crippen LogP contribution in [0.25, 0.3) is 22.8 Å². The topological polar surface area (TPSA) is 75.9 Å². The van der Waals surface area contributed by atoms with Crippen molar-refractivity contribution < 1.29 is 13.6 Å². The van der Waals surface area contributed by atoms with Crippen LogP contribution in [0.3, 0.4) is 0 Å². The van der Waals surface area contributed by atoms with E-state index < -0.39 is 0 Å². The molecule has 0 fully saturated rings. The van der Waals surface area contributed by atoms with Gasteiger partial charge in [-0.15, -0.1) is 16.4 Å². The number of carbonyl (C=O) groups excluding carboxylic acids is 1. The highest BCUT2D eigenvalue weighted by molar-refractivity contribution is 7.15. The van der Waals surface area contributed by atoms with Crippen LogP contribution in [-0.4, -0.2) is 50.7 Å². The Kier molecular flexibility index (Phi) is 6.06. The maximum absolute atomic E-state index is 13.5. The minimum Gasteiger partial charge on any atom is -0.365 e. The smallest absolute Gasteiger partial charge is 0.244 e. The average molecular weight is 481 g/mol. The molecular formula is C24H22F2N6OS. The number of amides is 1. The van der Waals surface area contributed by atoms with Crippen LogP contribution in [0.2, 0.25) is 0 Å². The van der Waals surface area contributed by atoms with Gasteiger partial charge in [0.05, 0.1) is 5.69 Å². The van der Waals surface area contributed by atoms with E-state index in [0.29, 0.717) is 42.3 Å². The van der Waals surface area contributed by atoms with Crippen molar-refractivity contribution in [3.8, 4) is 22.8 Å². The lowest BCUT2D eigenvalue weighted by Gasteiger charge is -2.20. The molecule has 0 spiro atoms. The zero-order valence-electron chi connectivity index (χ0n) is 18.5. The van der Waals surface area contributed by atoms with Crippen molar-refractivity contribution in [3.05, 3.63) is 70.7 Å². The highest BCUT2D eigenvalue weighted by Gasteiger charge is 2.23. The minimum atomic E-state index is -0.364. The average Bonchev–Trinajstić information content (AvgIpc) is 3.38. The molecule has 174 valence electrons. The Balaban J connectivity index is 1.40. The number of carbonyl (C=O) groups is 1. The van der Waals surface area contributed by atoms with Gasteiger partial charge in [0.1, 0.15) is 18.2 Å². The first-order valence-corrected chi connectivity index (χ1v) is 11.7. The third-order valence-corrected chi connectivity index (χ3v) is 6.91. The van der Waals surface area contributed by atoms with Crippen LogP contribution in [0.4, 0.5) is 13.9 Å². The van der Waals surface area contributed by atoms with Gasteiger partial charge in [0.15, 0.2) is 16.8 Å². The second-order valence-corrected chi connectivity index (χ2v) is 9.03. The Morgan fingerprint density at radius 3 is 2.29 bits per heavy atom. The molecule has 1 amide bonds. The van der Waals surface area contributed by atoms with Crippen LogP contribution in [0.5, 0.6) is 0 Å². The Morgan fingerprint density at radius 2 is 1.62 bits per heavy atom. The first-order chi connectivity index (χ1) is 16.5. The standard InChI is InChI=1S/C24H22F2N6OS/c1-27-24-28-19-10-12-31(13-11-20(19)34-24)21(33)14-32-23(16-4-8-18(26)9-5-16)29-22(30-32)15-2-6-17(25)7-3-15/h2-9H,10-14H2,1H3,(H,27,28). The van der Waals surface area contributed by atoms with Gasteiger partial charge in [-0.1, -0.05) is 0 Å². The number of fused-ring (bicyclic) bond motifs is 1. The van der Waals surface area contributed by atoms with Crippen molar-refractivity contribution in [1.29, 1.82) is 0 Å². The van der Waals surface area contributed by atoms with E-state index in [9.17, 15) is 13.6 Å². The maximum Gasteiger partial charge on any atom is 0.244 e. The van der Waals surface area contributed by atoms with E-state index in [1.54, 1.807) is 35.6 Å². The first kappa shape index (κ1) is 22.1. The summed E-state index contributed by atoms with van der Waals surface area (Å²) in [7, 11) is 1.85. The molecule has 0 aliphatic carbocycles. The molecule has 7 nitrogen and oxygen atoms in total. The molecule has 0 saturated carbocycles. The van der Waals surface area contributed by atoms with Crippen molar-refractivity contribution in [2.45, 2.75) is 19.4 Å². The summed E-state index contributed by atoms with van der Waals surface area (Å²) in [6, 6.07) is 11.7. The number of aromatic nitrogens is 4. The fraction of sp³-hybridized carbons (Fsp3) is 0.250. The number of thiazole rings is 1. The molecule has 5 rings (SSSR count). The zero-order valence-corrected chi connectivity index (χ0v) is 19.3. The molecule has 4 aromatic rings. The summed E-state index contributed by atoms with van der Waals surface area (Å²) in [6.07, 6.45) is 1.45. The van der Waals surface area contributed by atoms with E-state index in [1.807, 2.05) is 11.9 Å². The van der Waals surface area contributed by atoms with E-state index in [-0.39, 0.29) is 24.1 Å². The molecule has 2 aromatic carbocycles. The van der Waals surface area contributed by atoms with Crippen LogP contribution in [-0.2, 0) is 24.2 Å². The summed E-state index contributed by atoms with van der Waals surface area (Å²) in [4.78, 5) is 25.4. The Labute approximate surface area is 199 Å². The van der Waals surface area contributed by atoms with Gasteiger partial charge in [0.2, 0.25) is 5.91 Å². The molecular weight excluding hydrogens is 458 g/mol. The minimum absolute atomic E-state index is 0.0102. The van der Waals surface area contributed by atoms with Crippen molar-refractivity contribution in [2.75, 3.05) is 25.5 Å². The fourth-order valence-corrected chi connectivity index (χ4v) is 4.88. The maximum atomic E-state index is 13.5. The van der Waals surface area contributed by atoms with Crippen molar-refractivity contribution in [1.82, 2.24) is 24.6 Å². The van der Waals surface area contributed by atoms with Gasteiger partial charge >= 0.3 is 0 Å². The molecule has 0 atom stereocenters. The number of rotatable bonds is 5. The first-order valence-electron chi connectivity index (χ1n) is 10.9. The second kappa shape index (κ2) is 9.30. The predicted octanol–water partition coefficient (Wildman–Crippen LogP) is 4.02. The Bertz CT molecular complexity index is 1290. The monoisotopic (exact) mass is 480 g/mol. The Morgan fingerprint density at radius 1 is 0.971 bits per heavy atom. The summed E-state index contributed by atoms with van der Waals surface area (Å²) in [5, 5.41) is 8.52. The van der Waals surface area contributed by atoms with E-state index in [1.165, 1.54) is 33.8 Å². The van der Waals surface area contributed by atoms with Crippen molar-refractivity contribution in [3.63, 3.8) is 0 Å². The van der Waals surface area contributed by atoms with E-state index in [0.717, 1.165) is 17.2 Å².